The zero-order chi connectivity index (χ0) is 15.2. The maximum absolute atomic E-state index is 11.7. The largest absolute Gasteiger partial charge is 0.480 e. The number of carboxylic acid groups (broad SMARTS) is 2. The molecule has 9 heteroatoms. The summed E-state index contributed by atoms with van der Waals surface area (Å²) in [5, 5.41) is 19.4. The van der Waals surface area contributed by atoms with Crippen molar-refractivity contribution < 1.29 is 29.4 Å². The van der Waals surface area contributed by atoms with Gasteiger partial charge in [-0.15, -0.1) is 0 Å². The van der Waals surface area contributed by atoms with E-state index >= 15 is 0 Å². The first-order chi connectivity index (χ1) is 8.65. The maximum atomic E-state index is 11.7. The molecule has 0 aromatic carbocycles. The number of carbonyl (C=O) groups excluding carboxylic acids is 2. The standard InChI is InChI=1S/C10H17N3O6/c1-5(2)8(9(11)18)12-10(19)13(3-6(14)15)4-7(16)17/h5,8H,3-4H2,1-2H3,(H2,11,18)(H,12,19)(H,14,15)(H,16,17). The van der Waals surface area contributed by atoms with Gasteiger partial charge in [-0.2, -0.15) is 0 Å². The Hall–Kier alpha value is -2.32. The molecule has 0 aromatic heterocycles. The van der Waals surface area contributed by atoms with Crippen molar-refractivity contribution in [2.24, 2.45) is 11.7 Å². The summed E-state index contributed by atoms with van der Waals surface area (Å²) in [6.07, 6.45) is 0. The number of hydrogen-bond donors (Lipinski definition) is 4. The van der Waals surface area contributed by atoms with Crippen LogP contribution in [-0.2, 0) is 14.4 Å². The predicted molar refractivity (Wildman–Crippen MR) is 63.2 cm³/mol. The van der Waals surface area contributed by atoms with Crippen LogP contribution in [0.5, 0.6) is 0 Å². The van der Waals surface area contributed by atoms with Gasteiger partial charge in [0.05, 0.1) is 0 Å². The van der Waals surface area contributed by atoms with Crippen molar-refractivity contribution in [3.63, 3.8) is 0 Å². The van der Waals surface area contributed by atoms with Crippen LogP contribution in [0.3, 0.4) is 0 Å². The third kappa shape index (κ3) is 6.24. The smallest absolute Gasteiger partial charge is 0.323 e. The zero-order valence-corrected chi connectivity index (χ0v) is 10.6. The number of amides is 3. The van der Waals surface area contributed by atoms with Crippen molar-refractivity contribution in [2.45, 2.75) is 19.9 Å². The Morgan fingerprint density at radius 1 is 1.11 bits per heavy atom. The van der Waals surface area contributed by atoms with E-state index in [2.05, 4.69) is 5.32 Å². The minimum absolute atomic E-state index is 0.307. The van der Waals surface area contributed by atoms with Gasteiger partial charge in [0.15, 0.2) is 0 Å². The second-order valence-corrected chi connectivity index (χ2v) is 4.22. The highest BCUT2D eigenvalue weighted by atomic mass is 16.4. The van der Waals surface area contributed by atoms with E-state index in [-0.39, 0.29) is 5.92 Å². The van der Waals surface area contributed by atoms with Gasteiger partial charge in [-0.25, -0.2) is 4.79 Å². The lowest BCUT2D eigenvalue weighted by molar-refractivity contribution is -0.140. The van der Waals surface area contributed by atoms with Gasteiger partial charge < -0.3 is 26.2 Å². The third-order valence-corrected chi connectivity index (χ3v) is 2.19. The number of nitrogens with zero attached hydrogens (tertiary/aromatic N) is 1. The van der Waals surface area contributed by atoms with Crippen molar-refractivity contribution in [1.29, 1.82) is 0 Å². The van der Waals surface area contributed by atoms with Gasteiger partial charge in [0.25, 0.3) is 0 Å². The molecule has 0 heterocycles. The number of primary amides is 1. The van der Waals surface area contributed by atoms with Crippen molar-refractivity contribution in [3.05, 3.63) is 0 Å². The summed E-state index contributed by atoms with van der Waals surface area (Å²) in [5.74, 6) is -3.82. The summed E-state index contributed by atoms with van der Waals surface area (Å²) in [7, 11) is 0. The van der Waals surface area contributed by atoms with Crippen LogP contribution in [0.2, 0.25) is 0 Å². The molecule has 9 nitrogen and oxygen atoms in total. The van der Waals surface area contributed by atoms with E-state index in [4.69, 9.17) is 15.9 Å². The number of carbonyl (C=O) groups is 4. The summed E-state index contributed by atoms with van der Waals surface area (Å²) in [6.45, 7) is 1.69. The van der Waals surface area contributed by atoms with Gasteiger partial charge >= 0.3 is 18.0 Å². The molecule has 1 unspecified atom stereocenters. The molecule has 19 heavy (non-hydrogen) atoms. The van der Waals surface area contributed by atoms with Crippen LogP contribution in [0.15, 0.2) is 0 Å². The first-order valence-electron chi connectivity index (χ1n) is 5.43. The Bertz CT molecular complexity index is 365. The van der Waals surface area contributed by atoms with E-state index in [1.165, 1.54) is 0 Å². The van der Waals surface area contributed by atoms with Crippen molar-refractivity contribution >= 4 is 23.9 Å². The van der Waals surface area contributed by atoms with E-state index in [0.29, 0.717) is 4.90 Å². The normalized spacial score (nSPS) is 11.7. The Labute approximate surface area is 109 Å². The van der Waals surface area contributed by atoms with E-state index < -0.39 is 43.0 Å². The lowest BCUT2D eigenvalue weighted by Crippen LogP contribution is -2.54. The number of nitrogens with two attached hydrogens (primary N) is 1. The lowest BCUT2D eigenvalue weighted by Gasteiger charge is -2.24. The van der Waals surface area contributed by atoms with Crippen molar-refractivity contribution in [1.82, 2.24) is 10.2 Å². The van der Waals surface area contributed by atoms with Crippen LogP contribution < -0.4 is 11.1 Å². The Morgan fingerprint density at radius 2 is 1.53 bits per heavy atom. The second kappa shape index (κ2) is 7.19. The molecule has 5 N–H and O–H groups in total. The highest BCUT2D eigenvalue weighted by Crippen LogP contribution is 2.02. The molecule has 108 valence electrons. The van der Waals surface area contributed by atoms with Crippen LogP contribution in [0, 0.1) is 5.92 Å². The van der Waals surface area contributed by atoms with Gasteiger partial charge in [-0.3, -0.25) is 14.4 Å². The van der Waals surface area contributed by atoms with E-state index in [1.54, 1.807) is 13.8 Å². The highest BCUT2D eigenvalue weighted by molar-refractivity contribution is 5.89. The molecule has 0 spiro atoms. The number of carboxylic acids is 2. The molecule has 0 saturated carbocycles. The third-order valence-electron chi connectivity index (χ3n) is 2.19. The number of hydrogen-bond acceptors (Lipinski definition) is 4. The van der Waals surface area contributed by atoms with E-state index in [0.717, 1.165) is 0 Å². The minimum Gasteiger partial charge on any atom is -0.480 e. The first kappa shape index (κ1) is 16.7. The Morgan fingerprint density at radius 3 is 1.79 bits per heavy atom. The van der Waals surface area contributed by atoms with Crippen LogP contribution >= 0.6 is 0 Å². The molecular weight excluding hydrogens is 258 g/mol. The van der Waals surface area contributed by atoms with Crippen molar-refractivity contribution in [2.75, 3.05) is 13.1 Å². The number of aliphatic carboxylic acids is 2. The molecule has 1 atom stereocenters. The number of urea groups is 1. The molecule has 0 aliphatic heterocycles. The van der Waals surface area contributed by atoms with Gasteiger partial charge in [0.2, 0.25) is 5.91 Å². The summed E-state index contributed by atoms with van der Waals surface area (Å²) in [6, 6.07) is -1.97. The molecule has 0 aliphatic rings. The first-order valence-corrected chi connectivity index (χ1v) is 5.43. The van der Waals surface area contributed by atoms with Gasteiger partial charge in [0.1, 0.15) is 19.1 Å². The molecule has 0 saturated heterocycles. The fourth-order valence-corrected chi connectivity index (χ4v) is 1.32. The molecule has 0 aliphatic carbocycles. The average molecular weight is 275 g/mol. The van der Waals surface area contributed by atoms with E-state index in [1.807, 2.05) is 0 Å². The molecule has 0 fully saturated rings. The number of rotatable bonds is 7. The molecule has 0 bridgehead atoms. The lowest BCUT2D eigenvalue weighted by atomic mass is 10.0. The highest BCUT2D eigenvalue weighted by Gasteiger charge is 2.26. The zero-order valence-electron chi connectivity index (χ0n) is 10.6. The molecule has 0 rings (SSSR count). The summed E-state index contributed by atoms with van der Waals surface area (Å²) < 4.78 is 0. The fraction of sp³-hybridized carbons (Fsp3) is 0.600. The topological polar surface area (TPSA) is 150 Å². The van der Waals surface area contributed by atoms with Gasteiger partial charge in [-0.05, 0) is 5.92 Å². The van der Waals surface area contributed by atoms with Gasteiger partial charge in [-0.1, -0.05) is 13.8 Å². The minimum atomic E-state index is -1.36. The average Bonchev–Trinajstić information content (AvgIpc) is 2.22. The second-order valence-electron chi connectivity index (χ2n) is 4.22. The molecule has 0 radical (unpaired) electrons. The van der Waals surface area contributed by atoms with Gasteiger partial charge in [0, 0.05) is 0 Å². The molecular formula is C10H17N3O6. The Balaban J connectivity index is 4.83. The van der Waals surface area contributed by atoms with Crippen LogP contribution in [0.1, 0.15) is 13.8 Å². The summed E-state index contributed by atoms with van der Waals surface area (Å²) >= 11 is 0. The van der Waals surface area contributed by atoms with Crippen LogP contribution in [0.4, 0.5) is 4.79 Å². The molecule has 3 amide bonds. The Kier molecular flexibility index (Phi) is 6.31. The van der Waals surface area contributed by atoms with Crippen molar-refractivity contribution in [3.8, 4) is 0 Å². The fourth-order valence-electron chi connectivity index (χ4n) is 1.32. The summed E-state index contributed by atoms with van der Waals surface area (Å²) in [4.78, 5) is 44.5. The molecule has 0 aromatic rings. The van der Waals surface area contributed by atoms with Crippen LogP contribution in [-0.4, -0.2) is 58.1 Å². The van der Waals surface area contributed by atoms with Crippen LogP contribution in [0.25, 0.3) is 0 Å². The SMILES string of the molecule is CC(C)C(NC(=O)N(CC(=O)O)CC(=O)O)C(N)=O. The summed E-state index contributed by atoms with van der Waals surface area (Å²) in [5.41, 5.74) is 5.08. The quantitative estimate of drug-likeness (QED) is 0.452. The maximum Gasteiger partial charge on any atom is 0.323 e. The monoisotopic (exact) mass is 275 g/mol. The number of nitrogens with one attached hydrogen (secondary N) is 1. The predicted octanol–water partition coefficient (Wildman–Crippen LogP) is -1.32. The van der Waals surface area contributed by atoms with E-state index in [9.17, 15) is 19.2 Å².